The number of hydrogen-bond donors (Lipinski definition) is 1. The standard InChI is InChI=1S/C20H31N3O2S/c1-15(2)13-23-14-18(10-11-21-26(24,25)22(3)4)19-9-8-17(12-20(19)23)16-6-5-7-16/h8-9,12,14-16,21H,5-7,10-11,13H2,1-4H3. The van der Waals surface area contributed by atoms with Gasteiger partial charge >= 0.3 is 0 Å². The molecule has 1 aliphatic carbocycles. The van der Waals surface area contributed by atoms with Crippen LogP contribution in [-0.4, -0.2) is 37.9 Å². The fourth-order valence-electron chi connectivity index (χ4n) is 3.57. The Balaban J connectivity index is 1.85. The van der Waals surface area contributed by atoms with Crippen molar-refractivity contribution in [3.63, 3.8) is 0 Å². The first-order chi connectivity index (χ1) is 12.3. The molecule has 2 aromatic rings. The van der Waals surface area contributed by atoms with Crippen LogP contribution < -0.4 is 4.72 Å². The van der Waals surface area contributed by atoms with Gasteiger partial charge in [-0.05, 0) is 48.3 Å². The molecule has 0 amide bonds. The van der Waals surface area contributed by atoms with E-state index in [2.05, 4.69) is 47.5 Å². The second-order valence-corrected chi connectivity index (χ2v) is 10.0. The Kier molecular flexibility index (Phi) is 5.75. The molecule has 0 unspecified atom stereocenters. The van der Waals surface area contributed by atoms with Crippen molar-refractivity contribution in [1.29, 1.82) is 0 Å². The van der Waals surface area contributed by atoms with Crippen LogP contribution >= 0.6 is 0 Å². The summed E-state index contributed by atoms with van der Waals surface area (Å²) in [6.07, 6.45) is 6.84. The average Bonchev–Trinajstić information content (AvgIpc) is 2.82. The topological polar surface area (TPSA) is 54.3 Å². The van der Waals surface area contributed by atoms with Gasteiger partial charge in [-0.2, -0.15) is 12.7 Å². The van der Waals surface area contributed by atoms with Crippen LogP contribution in [0.5, 0.6) is 0 Å². The van der Waals surface area contributed by atoms with Gasteiger partial charge in [-0.25, -0.2) is 4.72 Å². The molecule has 1 heterocycles. The lowest BCUT2D eigenvalue weighted by Crippen LogP contribution is -2.36. The van der Waals surface area contributed by atoms with Crippen molar-refractivity contribution in [2.24, 2.45) is 5.92 Å². The van der Waals surface area contributed by atoms with Crippen LogP contribution in [0.15, 0.2) is 24.4 Å². The summed E-state index contributed by atoms with van der Waals surface area (Å²) in [5.74, 6) is 1.29. The summed E-state index contributed by atoms with van der Waals surface area (Å²) in [6.45, 7) is 5.85. The van der Waals surface area contributed by atoms with E-state index in [9.17, 15) is 8.42 Å². The number of fused-ring (bicyclic) bond motifs is 1. The van der Waals surface area contributed by atoms with Crippen molar-refractivity contribution < 1.29 is 8.42 Å². The van der Waals surface area contributed by atoms with E-state index in [1.807, 2.05) is 0 Å². The molecule has 0 spiro atoms. The van der Waals surface area contributed by atoms with Crippen LogP contribution in [0.4, 0.5) is 0 Å². The molecule has 1 aromatic heterocycles. The Labute approximate surface area is 157 Å². The summed E-state index contributed by atoms with van der Waals surface area (Å²) in [7, 11) is -0.290. The van der Waals surface area contributed by atoms with Gasteiger partial charge in [-0.3, -0.25) is 0 Å². The maximum absolute atomic E-state index is 11.9. The van der Waals surface area contributed by atoms with E-state index >= 15 is 0 Å². The van der Waals surface area contributed by atoms with E-state index in [4.69, 9.17) is 0 Å². The second-order valence-electron chi connectivity index (χ2n) is 8.04. The maximum Gasteiger partial charge on any atom is 0.278 e. The van der Waals surface area contributed by atoms with E-state index in [1.165, 1.54) is 45.6 Å². The molecule has 1 N–H and O–H groups in total. The molecule has 1 fully saturated rings. The minimum Gasteiger partial charge on any atom is -0.347 e. The molecule has 26 heavy (non-hydrogen) atoms. The Morgan fingerprint density at radius 2 is 2.00 bits per heavy atom. The second kappa shape index (κ2) is 7.71. The molecule has 0 bridgehead atoms. The quantitative estimate of drug-likeness (QED) is 0.765. The number of hydrogen-bond acceptors (Lipinski definition) is 2. The minimum absolute atomic E-state index is 0.408. The zero-order valence-electron chi connectivity index (χ0n) is 16.3. The van der Waals surface area contributed by atoms with Gasteiger partial charge in [-0.1, -0.05) is 32.4 Å². The molecule has 0 saturated heterocycles. The van der Waals surface area contributed by atoms with Crippen LogP contribution in [0.25, 0.3) is 10.9 Å². The Hall–Kier alpha value is -1.37. The zero-order valence-corrected chi connectivity index (χ0v) is 17.1. The first kappa shape index (κ1) is 19.4. The lowest BCUT2D eigenvalue weighted by atomic mass is 9.80. The largest absolute Gasteiger partial charge is 0.347 e. The van der Waals surface area contributed by atoms with Crippen LogP contribution in [0.2, 0.25) is 0 Å². The van der Waals surface area contributed by atoms with Crippen LogP contribution in [-0.2, 0) is 23.2 Å². The third-order valence-corrected chi connectivity index (χ3v) is 6.82. The number of rotatable bonds is 8. The van der Waals surface area contributed by atoms with Gasteiger partial charge < -0.3 is 4.57 Å². The number of nitrogens with zero attached hydrogens (tertiary/aromatic N) is 2. The van der Waals surface area contributed by atoms with E-state index < -0.39 is 10.2 Å². The van der Waals surface area contributed by atoms with Gasteiger partial charge in [-0.15, -0.1) is 0 Å². The summed E-state index contributed by atoms with van der Waals surface area (Å²) < 4.78 is 30.0. The fraction of sp³-hybridized carbons (Fsp3) is 0.600. The van der Waals surface area contributed by atoms with Gasteiger partial charge in [0, 0.05) is 44.3 Å². The molecule has 1 aliphatic rings. The molecule has 5 nitrogen and oxygen atoms in total. The molecule has 1 aromatic carbocycles. The molecule has 1 saturated carbocycles. The van der Waals surface area contributed by atoms with Gasteiger partial charge in [0.15, 0.2) is 0 Å². The lowest BCUT2D eigenvalue weighted by Gasteiger charge is -2.26. The van der Waals surface area contributed by atoms with E-state index in [0.717, 1.165) is 12.5 Å². The third-order valence-electron chi connectivity index (χ3n) is 5.29. The molecule has 0 atom stereocenters. The molecular weight excluding hydrogens is 346 g/mol. The first-order valence-corrected chi connectivity index (χ1v) is 11.0. The number of benzene rings is 1. The minimum atomic E-state index is -3.37. The maximum atomic E-state index is 11.9. The predicted molar refractivity (Wildman–Crippen MR) is 108 cm³/mol. The zero-order chi connectivity index (χ0) is 18.9. The van der Waals surface area contributed by atoms with Gasteiger partial charge in [0.25, 0.3) is 10.2 Å². The van der Waals surface area contributed by atoms with E-state index in [0.29, 0.717) is 18.9 Å². The highest BCUT2D eigenvalue weighted by atomic mass is 32.2. The molecule has 0 aliphatic heterocycles. The van der Waals surface area contributed by atoms with E-state index in [1.54, 1.807) is 14.1 Å². The van der Waals surface area contributed by atoms with Gasteiger partial charge in [0.1, 0.15) is 0 Å². The predicted octanol–water partition coefficient (Wildman–Crippen LogP) is 3.50. The molecule has 0 radical (unpaired) electrons. The SMILES string of the molecule is CC(C)Cn1cc(CCNS(=O)(=O)N(C)C)c2ccc(C3CCC3)cc21. The molecule has 144 valence electrons. The van der Waals surface area contributed by atoms with Crippen molar-refractivity contribution in [2.45, 2.75) is 52.0 Å². The summed E-state index contributed by atoms with van der Waals surface area (Å²) >= 11 is 0. The van der Waals surface area contributed by atoms with Crippen LogP contribution in [0, 0.1) is 5.92 Å². The lowest BCUT2D eigenvalue weighted by molar-refractivity contribution is 0.420. The summed E-state index contributed by atoms with van der Waals surface area (Å²) in [4.78, 5) is 0. The van der Waals surface area contributed by atoms with Crippen LogP contribution in [0.1, 0.15) is 50.2 Å². The number of nitrogens with one attached hydrogen (secondary N) is 1. The highest BCUT2D eigenvalue weighted by molar-refractivity contribution is 7.87. The molecule has 3 rings (SSSR count). The Morgan fingerprint density at radius 3 is 2.58 bits per heavy atom. The molecule has 6 heteroatoms. The van der Waals surface area contributed by atoms with Crippen molar-refractivity contribution in [3.05, 3.63) is 35.5 Å². The van der Waals surface area contributed by atoms with Crippen molar-refractivity contribution in [3.8, 4) is 0 Å². The van der Waals surface area contributed by atoms with Gasteiger partial charge in [0.2, 0.25) is 0 Å². The smallest absolute Gasteiger partial charge is 0.278 e. The Morgan fingerprint density at radius 1 is 1.27 bits per heavy atom. The highest BCUT2D eigenvalue weighted by Gasteiger charge is 2.21. The van der Waals surface area contributed by atoms with Crippen LogP contribution in [0.3, 0.4) is 0 Å². The van der Waals surface area contributed by atoms with Crippen molar-refractivity contribution in [1.82, 2.24) is 13.6 Å². The first-order valence-electron chi connectivity index (χ1n) is 9.56. The summed E-state index contributed by atoms with van der Waals surface area (Å²) in [5, 5.41) is 1.25. The number of aromatic nitrogens is 1. The normalized spacial score (nSPS) is 15.9. The summed E-state index contributed by atoms with van der Waals surface area (Å²) in [6, 6.07) is 6.85. The average molecular weight is 378 g/mol. The summed E-state index contributed by atoms with van der Waals surface area (Å²) in [5.41, 5.74) is 3.95. The Bertz CT molecular complexity index is 865. The van der Waals surface area contributed by atoms with Crippen molar-refractivity contribution >= 4 is 21.1 Å². The molecular formula is C20H31N3O2S. The highest BCUT2D eigenvalue weighted by Crippen LogP contribution is 2.38. The fourth-order valence-corrected chi connectivity index (χ4v) is 4.19. The third kappa shape index (κ3) is 4.13. The van der Waals surface area contributed by atoms with E-state index in [-0.39, 0.29) is 0 Å². The van der Waals surface area contributed by atoms with Gasteiger partial charge in [0.05, 0.1) is 0 Å². The van der Waals surface area contributed by atoms with Crippen molar-refractivity contribution in [2.75, 3.05) is 20.6 Å². The monoisotopic (exact) mass is 377 g/mol.